The lowest BCUT2D eigenvalue weighted by Crippen LogP contribution is -2.46. The molecule has 2 fully saturated rings. The van der Waals surface area contributed by atoms with E-state index in [1.165, 1.54) is 63.1 Å². The number of unbranched alkanes of at least 4 members (excludes halogenated alkanes) is 1. The van der Waals surface area contributed by atoms with Gasteiger partial charge in [-0.1, -0.05) is 30.3 Å². The maximum Gasteiger partial charge on any atom is 0.193 e. The molecule has 182 valence electrons. The zero-order chi connectivity index (χ0) is 22.2. The van der Waals surface area contributed by atoms with Crippen molar-refractivity contribution in [3.63, 3.8) is 0 Å². The molecule has 33 heavy (non-hydrogen) atoms. The molecule has 8 heteroatoms. The monoisotopic (exact) mass is 565 g/mol. The number of nitrogens with zero attached hydrogens (tertiary/aromatic N) is 6. The Balaban J connectivity index is 0.00000306. The van der Waals surface area contributed by atoms with Crippen molar-refractivity contribution in [1.82, 2.24) is 29.8 Å². The van der Waals surface area contributed by atoms with Crippen LogP contribution in [0.15, 0.2) is 47.7 Å². The lowest BCUT2D eigenvalue weighted by molar-refractivity contribution is 0.126. The van der Waals surface area contributed by atoms with Crippen molar-refractivity contribution in [1.29, 1.82) is 0 Å². The Hall–Kier alpha value is -1.65. The summed E-state index contributed by atoms with van der Waals surface area (Å²) in [5, 5.41) is 7.92. The van der Waals surface area contributed by atoms with Crippen molar-refractivity contribution < 1.29 is 0 Å². The van der Waals surface area contributed by atoms with Crippen LogP contribution >= 0.6 is 24.0 Å². The fourth-order valence-corrected chi connectivity index (χ4v) is 4.88. The molecule has 0 aliphatic carbocycles. The minimum absolute atomic E-state index is 0. The summed E-state index contributed by atoms with van der Waals surface area (Å²) in [6.45, 7) is 10.1. The van der Waals surface area contributed by atoms with Gasteiger partial charge in [-0.25, -0.2) is 0 Å². The van der Waals surface area contributed by atoms with E-state index in [2.05, 4.69) is 66.6 Å². The number of halogens is 1. The first-order chi connectivity index (χ1) is 15.7. The van der Waals surface area contributed by atoms with Crippen molar-refractivity contribution in [3.8, 4) is 0 Å². The molecule has 1 atom stereocenters. The third-order valence-electron chi connectivity index (χ3n) is 6.79. The fourth-order valence-electron chi connectivity index (χ4n) is 4.88. The van der Waals surface area contributed by atoms with Crippen molar-refractivity contribution in [3.05, 3.63) is 53.9 Å². The lowest BCUT2D eigenvalue weighted by Gasteiger charge is -2.34. The van der Waals surface area contributed by atoms with Gasteiger partial charge < -0.3 is 15.1 Å². The smallest absolute Gasteiger partial charge is 0.193 e. The Labute approximate surface area is 216 Å². The quantitative estimate of drug-likeness (QED) is 0.231. The number of hydrogen-bond donors (Lipinski definition) is 1. The Morgan fingerprint density at radius 1 is 1.06 bits per heavy atom. The number of piperazine rings is 1. The van der Waals surface area contributed by atoms with Gasteiger partial charge in [0.1, 0.15) is 0 Å². The second-order valence-corrected chi connectivity index (χ2v) is 9.16. The summed E-state index contributed by atoms with van der Waals surface area (Å²) in [6.07, 6.45) is 7.74. The van der Waals surface area contributed by atoms with Crippen LogP contribution in [0.2, 0.25) is 0 Å². The third-order valence-corrected chi connectivity index (χ3v) is 6.79. The minimum atomic E-state index is 0. The number of nitrogens with one attached hydrogen (secondary N) is 1. The normalized spacial score (nSPS) is 20.1. The summed E-state index contributed by atoms with van der Waals surface area (Å²) in [5.41, 5.74) is 2.76. The molecule has 1 aromatic heterocycles. The van der Waals surface area contributed by atoms with Gasteiger partial charge >= 0.3 is 0 Å². The highest BCUT2D eigenvalue weighted by atomic mass is 127. The van der Waals surface area contributed by atoms with Gasteiger partial charge in [0.15, 0.2) is 5.96 Å². The molecule has 1 N–H and O–H groups in total. The largest absolute Gasteiger partial charge is 0.356 e. The van der Waals surface area contributed by atoms with Gasteiger partial charge in [0.25, 0.3) is 0 Å². The Morgan fingerprint density at radius 3 is 2.52 bits per heavy atom. The topological polar surface area (TPSA) is 51.9 Å². The van der Waals surface area contributed by atoms with Gasteiger partial charge in [-0.2, -0.15) is 5.10 Å². The summed E-state index contributed by atoms with van der Waals surface area (Å²) < 4.78 is 1.90. The van der Waals surface area contributed by atoms with Crippen LogP contribution in [0, 0.1) is 0 Å². The number of aromatic nitrogens is 2. The lowest BCUT2D eigenvalue weighted by atomic mass is 10.0. The van der Waals surface area contributed by atoms with E-state index >= 15 is 0 Å². The summed E-state index contributed by atoms with van der Waals surface area (Å²) in [6, 6.07) is 10.8. The SMILES string of the molecule is CN=C(NCCCCN1CCN(Cc2ccccc2)CC1)N1CCC(c2cnn(C)c2)C1.I. The first-order valence-corrected chi connectivity index (χ1v) is 12.1. The van der Waals surface area contributed by atoms with Crippen LogP contribution in [0.25, 0.3) is 0 Å². The Kier molecular flexibility index (Phi) is 10.5. The van der Waals surface area contributed by atoms with E-state index in [1.54, 1.807) is 0 Å². The van der Waals surface area contributed by atoms with Crippen molar-refractivity contribution in [2.45, 2.75) is 31.7 Å². The van der Waals surface area contributed by atoms with Gasteiger partial charge in [0, 0.05) is 78.6 Å². The van der Waals surface area contributed by atoms with Gasteiger partial charge in [0.05, 0.1) is 6.20 Å². The fraction of sp³-hybridized carbons (Fsp3) is 0.600. The zero-order valence-corrected chi connectivity index (χ0v) is 22.5. The van der Waals surface area contributed by atoms with Crippen LogP contribution in [0.4, 0.5) is 0 Å². The summed E-state index contributed by atoms with van der Waals surface area (Å²) in [7, 11) is 3.88. The Bertz CT molecular complexity index is 845. The molecule has 1 unspecified atom stereocenters. The highest BCUT2D eigenvalue weighted by Crippen LogP contribution is 2.26. The van der Waals surface area contributed by atoms with E-state index in [4.69, 9.17) is 0 Å². The van der Waals surface area contributed by atoms with E-state index in [0.717, 1.165) is 32.1 Å². The molecular formula is C25H40IN7. The predicted octanol–water partition coefficient (Wildman–Crippen LogP) is 3.00. The van der Waals surface area contributed by atoms with Gasteiger partial charge in [-0.05, 0) is 36.9 Å². The molecule has 7 nitrogen and oxygen atoms in total. The predicted molar refractivity (Wildman–Crippen MR) is 146 cm³/mol. The van der Waals surface area contributed by atoms with Crippen LogP contribution in [-0.4, -0.2) is 89.8 Å². The first-order valence-electron chi connectivity index (χ1n) is 12.1. The summed E-state index contributed by atoms with van der Waals surface area (Å²) in [4.78, 5) is 12.1. The number of aryl methyl sites for hydroxylation is 1. The average Bonchev–Trinajstić information content (AvgIpc) is 3.47. The second kappa shape index (κ2) is 13.3. The summed E-state index contributed by atoms with van der Waals surface area (Å²) >= 11 is 0. The zero-order valence-electron chi connectivity index (χ0n) is 20.2. The van der Waals surface area contributed by atoms with E-state index in [-0.39, 0.29) is 24.0 Å². The highest BCUT2D eigenvalue weighted by Gasteiger charge is 2.26. The maximum atomic E-state index is 4.53. The van der Waals surface area contributed by atoms with Crippen LogP contribution in [0.5, 0.6) is 0 Å². The van der Waals surface area contributed by atoms with Gasteiger partial charge in [-0.3, -0.25) is 14.6 Å². The third kappa shape index (κ3) is 7.68. The number of likely N-dealkylation sites (tertiary alicyclic amines) is 1. The van der Waals surface area contributed by atoms with E-state index in [0.29, 0.717) is 5.92 Å². The molecule has 1 aromatic carbocycles. The van der Waals surface area contributed by atoms with E-state index < -0.39 is 0 Å². The van der Waals surface area contributed by atoms with Crippen LogP contribution in [0.3, 0.4) is 0 Å². The maximum absolute atomic E-state index is 4.53. The molecule has 2 saturated heterocycles. The average molecular weight is 566 g/mol. The van der Waals surface area contributed by atoms with Crippen molar-refractivity contribution >= 4 is 29.9 Å². The Morgan fingerprint density at radius 2 is 1.82 bits per heavy atom. The number of guanidine groups is 1. The molecule has 4 rings (SSSR count). The standard InChI is InChI=1S/C25H39N7.HI/c1-26-25(32-13-10-23(21-32)24-18-28-29(2)20-24)27-11-6-7-12-30-14-16-31(17-15-30)19-22-8-4-3-5-9-22;/h3-5,8-9,18,20,23H,6-7,10-17,19,21H2,1-2H3,(H,26,27);1H. The number of hydrogen-bond acceptors (Lipinski definition) is 4. The van der Waals surface area contributed by atoms with Crippen molar-refractivity contribution in [2.24, 2.45) is 12.0 Å². The second-order valence-electron chi connectivity index (χ2n) is 9.16. The molecular weight excluding hydrogens is 525 g/mol. The molecule has 0 bridgehead atoms. The molecule has 2 aliphatic heterocycles. The molecule has 2 aliphatic rings. The number of aliphatic imine (C=N–C) groups is 1. The number of benzene rings is 1. The van der Waals surface area contributed by atoms with E-state index in [1.807, 2.05) is 25.0 Å². The van der Waals surface area contributed by atoms with Crippen LogP contribution in [0.1, 0.15) is 36.3 Å². The van der Waals surface area contributed by atoms with Crippen LogP contribution < -0.4 is 5.32 Å². The molecule has 0 saturated carbocycles. The van der Waals surface area contributed by atoms with Crippen LogP contribution in [-0.2, 0) is 13.6 Å². The van der Waals surface area contributed by atoms with Gasteiger partial charge in [-0.15, -0.1) is 24.0 Å². The molecule has 0 spiro atoms. The summed E-state index contributed by atoms with van der Waals surface area (Å²) in [5.74, 6) is 1.61. The molecule has 3 heterocycles. The highest BCUT2D eigenvalue weighted by molar-refractivity contribution is 14.0. The minimum Gasteiger partial charge on any atom is -0.356 e. The number of rotatable bonds is 8. The van der Waals surface area contributed by atoms with E-state index in [9.17, 15) is 0 Å². The molecule has 2 aromatic rings. The molecule has 0 radical (unpaired) electrons. The first kappa shape index (κ1) is 26.0. The molecule has 0 amide bonds. The van der Waals surface area contributed by atoms with Gasteiger partial charge in [0.2, 0.25) is 0 Å². The van der Waals surface area contributed by atoms with Crippen molar-refractivity contribution in [2.75, 3.05) is 59.4 Å².